The molecule has 18 heavy (non-hydrogen) atoms. The molecule has 0 aliphatic carbocycles. The molecule has 0 nitrogen and oxygen atoms in total. The van der Waals surface area contributed by atoms with Crippen LogP contribution in [-0.4, -0.2) is 0 Å². The molecule has 0 saturated heterocycles. The van der Waals surface area contributed by atoms with Crippen molar-refractivity contribution in [3.8, 4) is 11.1 Å². The van der Waals surface area contributed by atoms with E-state index in [0.29, 0.717) is 5.56 Å². The van der Waals surface area contributed by atoms with Gasteiger partial charge in [-0.15, -0.1) is 0 Å². The molecule has 0 saturated carbocycles. The van der Waals surface area contributed by atoms with Crippen LogP contribution in [0.4, 0.5) is 4.39 Å². The molecule has 0 amide bonds. The van der Waals surface area contributed by atoms with Crippen molar-refractivity contribution in [1.29, 1.82) is 0 Å². The number of hydrogen-bond acceptors (Lipinski definition) is 0. The Labute approximate surface area is 113 Å². The molecule has 3 rings (SSSR count). The molecular formula is C16H10BrF. The maximum atomic E-state index is 13.9. The zero-order valence-corrected chi connectivity index (χ0v) is 11.1. The minimum absolute atomic E-state index is 0.209. The highest BCUT2D eigenvalue weighted by Crippen LogP contribution is 2.28. The van der Waals surface area contributed by atoms with Crippen molar-refractivity contribution in [3.63, 3.8) is 0 Å². The third-order valence-electron chi connectivity index (χ3n) is 2.99. The molecule has 0 bridgehead atoms. The summed E-state index contributed by atoms with van der Waals surface area (Å²) in [5.41, 5.74) is 1.53. The van der Waals surface area contributed by atoms with E-state index >= 15 is 0 Å². The van der Waals surface area contributed by atoms with Crippen molar-refractivity contribution < 1.29 is 4.39 Å². The molecule has 0 heterocycles. The Morgan fingerprint density at radius 2 is 1.56 bits per heavy atom. The van der Waals surface area contributed by atoms with E-state index in [1.807, 2.05) is 42.5 Å². The first-order valence-electron chi connectivity index (χ1n) is 5.68. The standard InChI is InChI=1S/C16H10BrF/c17-14-7-8-15(16(18)10-14)13-6-5-11-3-1-2-4-12(11)9-13/h1-10H. The monoisotopic (exact) mass is 300 g/mol. The molecular weight excluding hydrogens is 291 g/mol. The molecule has 0 aromatic heterocycles. The average Bonchev–Trinajstić information content (AvgIpc) is 2.38. The molecule has 0 radical (unpaired) electrons. The van der Waals surface area contributed by atoms with Crippen LogP contribution in [0.1, 0.15) is 0 Å². The fraction of sp³-hybridized carbons (Fsp3) is 0. The van der Waals surface area contributed by atoms with Crippen LogP contribution in [0.25, 0.3) is 21.9 Å². The van der Waals surface area contributed by atoms with Gasteiger partial charge in [-0.1, -0.05) is 58.4 Å². The van der Waals surface area contributed by atoms with Gasteiger partial charge in [0.15, 0.2) is 0 Å². The number of hydrogen-bond donors (Lipinski definition) is 0. The van der Waals surface area contributed by atoms with E-state index in [4.69, 9.17) is 0 Å². The van der Waals surface area contributed by atoms with Crippen LogP contribution in [0.15, 0.2) is 65.1 Å². The van der Waals surface area contributed by atoms with Crippen LogP contribution in [0.3, 0.4) is 0 Å². The molecule has 0 atom stereocenters. The predicted octanol–water partition coefficient (Wildman–Crippen LogP) is 5.41. The fourth-order valence-electron chi connectivity index (χ4n) is 2.08. The summed E-state index contributed by atoms with van der Waals surface area (Å²) >= 11 is 3.27. The largest absolute Gasteiger partial charge is 0.206 e. The summed E-state index contributed by atoms with van der Waals surface area (Å²) in [5.74, 6) is -0.209. The summed E-state index contributed by atoms with van der Waals surface area (Å²) in [7, 11) is 0. The van der Waals surface area contributed by atoms with Crippen molar-refractivity contribution in [2.45, 2.75) is 0 Å². The SMILES string of the molecule is Fc1cc(Br)ccc1-c1ccc2ccccc2c1. The molecule has 0 N–H and O–H groups in total. The summed E-state index contributed by atoms with van der Waals surface area (Å²) in [6.07, 6.45) is 0. The highest BCUT2D eigenvalue weighted by molar-refractivity contribution is 9.10. The van der Waals surface area contributed by atoms with Crippen molar-refractivity contribution in [1.82, 2.24) is 0 Å². The normalized spacial score (nSPS) is 10.8. The van der Waals surface area contributed by atoms with Crippen molar-refractivity contribution in [2.24, 2.45) is 0 Å². The van der Waals surface area contributed by atoms with Gasteiger partial charge in [-0.3, -0.25) is 0 Å². The van der Waals surface area contributed by atoms with Gasteiger partial charge in [-0.05, 0) is 34.5 Å². The first-order chi connectivity index (χ1) is 8.74. The topological polar surface area (TPSA) is 0 Å². The van der Waals surface area contributed by atoms with E-state index in [2.05, 4.69) is 22.0 Å². The molecule has 0 spiro atoms. The highest BCUT2D eigenvalue weighted by atomic mass is 79.9. The second-order valence-electron chi connectivity index (χ2n) is 4.19. The highest BCUT2D eigenvalue weighted by Gasteiger charge is 2.06. The molecule has 0 aliphatic heterocycles. The summed E-state index contributed by atoms with van der Waals surface area (Å²) in [4.78, 5) is 0. The van der Waals surface area contributed by atoms with Gasteiger partial charge in [-0.2, -0.15) is 0 Å². The van der Waals surface area contributed by atoms with Crippen molar-refractivity contribution in [3.05, 3.63) is 71.0 Å². The van der Waals surface area contributed by atoms with Crippen LogP contribution < -0.4 is 0 Å². The smallest absolute Gasteiger partial charge is 0.132 e. The summed E-state index contributed by atoms with van der Waals surface area (Å²) in [6.45, 7) is 0. The number of fused-ring (bicyclic) bond motifs is 1. The molecule has 2 heteroatoms. The van der Waals surface area contributed by atoms with E-state index in [1.165, 1.54) is 11.5 Å². The lowest BCUT2D eigenvalue weighted by Gasteiger charge is -2.06. The van der Waals surface area contributed by atoms with Gasteiger partial charge in [0.2, 0.25) is 0 Å². The lowest BCUT2D eigenvalue weighted by molar-refractivity contribution is 0.630. The van der Waals surface area contributed by atoms with Gasteiger partial charge in [0.05, 0.1) is 0 Å². The van der Waals surface area contributed by atoms with E-state index in [1.54, 1.807) is 6.07 Å². The molecule has 0 unspecified atom stereocenters. The summed E-state index contributed by atoms with van der Waals surface area (Å²) in [5, 5.41) is 2.29. The second-order valence-corrected chi connectivity index (χ2v) is 5.10. The Balaban J connectivity index is 2.19. The molecule has 3 aromatic rings. The molecule has 88 valence electrons. The van der Waals surface area contributed by atoms with Crippen molar-refractivity contribution in [2.75, 3.05) is 0 Å². The van der Waals surface area contributed by atoms with Crippen molar-refractivity contribution >= 4 is 26.7 Å². The zero-order chi connectivity index (χ0) is 12.5. The maximum Gasteiger partial charge on any atom is 0.132 e. The third-order valence-corrected chi connectivity index (χ3v) is 3.48. The van der Waals surface area contributed by atoms with E-state index < -0.39 is 0 Å². The molecule has 3 aromatic carbocycles. The molecule has 0 aliphatic rings. The Bertz CT molecular complexity index is 719. The Kier molecular flexibility index (Phi) is 2.88. The molecule has 0 fully saturated rings. The Hall–Kier alpha value is -1.67. The summed E-state index contributed by atoms with van der Waals surface area (Å²) in [6, 6.07) is 19.2. The van der Waals surface area contributed by atoms with Crippen LogP contribution in [0.2, 0.25) is 0 Å². The third kappa shape index (κ3) is 2.04. The first kappa shape index (κ1) is 11.4. The van der Waals surface area contributed by atoms with Gasteiger partial charge in [0.1, 0.15) is 5.82 Å². The van der Waals surface area contributed by atoms with E-state index in [0.717, 1.165) is 15.4 Å². The van der Waals surface area contributed by atoms with Crippen LogP contribution in [-0.2, 0) is 0 Å². The van der Waals surface area contributed by atoms with Crippen LogP contribution >= 0.6 is 15.9 Å². The second kappa shape index (κ2) is 4.54. The Morgan fingerprint density at radius 1 is 0.778 bits per heavy atom. The number of rotatable bonds is 1. The average molecular weight is 301 g/mol. The zero-order valence-electron chi connectivity index (χ0n) is 9.53. The quantitative estimate of drug-likeness (QED) is 0.564. The van der Waals surface area contributed by atoms with Gasteiger partial charge < -0.3 is 0 Å². The predicted molar refractivity (Wildman–Crippen MR) is 77.0 cm³/mol. The fourth-order valence-corrected chi connectivity index (χ4v) is 2.41. The minimum Gasteiger partial charge on any atom is -0.206 e. The van der Waals surface area contributed by atoms with Gasteiger partial charge >= 0.3 is 0 Å². The Morgan fingerprint density at radius 3 is 2.33 bits per heavy atom. The number of halogens is 2. The van der Waals surface area contributed by atoms with Gasteiger partial charge in [-0.25, -0.2) is 4.39 Å². The van der Waals surface area contributed by atoms with Gasteiger partial charge in [0, 0.05) is 10.0 Å². The van der Waals surface area contributed by atoms with E-state index in [9.17, 15) is 4.39 Å². The first-order valence-corrected chi connectivity index (χ1v) is 6.47. The van der Waals surface area contributed by atoms with E-state index in [-0.39, 0.29) is 5.82 Å². The van der Waals surface area contributed by atoms with Crippen LogP contribution in [0, 0.1) is 5.82 Å². The minimum atomic E-state index is -0.209. The lowest BCUT2D eigenvalue weighted by atomic mass is 10.0. The summed E-state index contributed by atoms with van der Waals surface area (Å²) < 4.78 is 14.7. The number of benzene rings is 3. The van der Waals surface area contributed by atoms with Gasteiger partial charge in [0.25, 0.3) is 0 Å². The lowest BCUT2D eigenvalue weighted by Crippen LogP contribution is -1.84. The van der Waals surface area contributed by atoms with Crippen LogP contribution in [0.5, 0.6) is 0 Å². The maximum absolute atomic E-state index is 13.9.